The second-order valence-electron chi connectivity index (χ2n) is 8.90. The van der Waals surface area contributed by atoms with Gasteiger partial charge in [0.1, 0.15) is 5.76 Å². The van der Waals surface area contributed by atoms with Crippen LogP contribution in [0.3, 0.4) is 0 Å². The fourth-order valence-corrected chi connectivity index (χ4v) is 5.34. The number of aliphatic hydroxyl groups is 1. The van der Waals surface area contributed by atoms with E-state index in [0.717, 1.165) is 23.9 Å². The van der Waals surface area contributed by atoms with E-state index in [9.17, 15) is 23.1 Å². The van der Waals surface area contributed by atoms with Crippen LogP contribution in [0.4, 0.5) is 0 Å². The van der Waals surface area contributed by atoms with Crippen LogP contribution in [-0.4, -0.2) is 97.8 Å². The van der Waals surface area contributed by atoms with Gasteiger partial charge in [-0.05, 0) is 42.3 Å². The molecule has 0 aliphatic carbocycles. The number of benzene rings is 1. The van der Waals surface area contributed by atoms with Crippen LogP contribution in [-0.2, 0) is 24.3 Å². The Balaban J connectivity index is 1.66. The summed E-state index contributed by atoms with van der Waals surface area (Å²) in [4.78, 5) is 34.1. The number of rotatable bonds is 8. The van der Waals surface area contributed by atoms with Crippen LogP contribution in [0.15, 0.2) is 59.3 Å². The van der Waals surface area contributed by atoms with Crippen LogP contribution in [0, 0.1) is 0 Å². The Morgan fingerprint density at radius 3 is 2.42 bits per heavy atom. The van der Waals surface area contributed by atoms with Gasteiger partial charge in [-0.2, -0.15) is 0 Å². The number of aromatic nitrogens is 1. The van der Waals surface area contributed by atoms with E-state index >= 15 is 0 Å². The lowest BCUT2D eigenvalue weighted by Gasteiger charge is -2.29. The van der Waals surface area contributed by atoms with E-state index in [0.29, 0.717) is 31.7 Å². The van der Waals surface area contributed by atoms with Gasteiger partial charge in [-0.15, -0.1) is 0 Å². The zero-order valence-corrected chi connectivity index (χ0v) is 21.1. The van der Waals surface area contributed by atoms with Crippen molar-refractivity contribution in [3.05, 3.63) is 65.5 Å². The number of pyridine rings is 1. The summed E-state index contributed by atoms with van der Waals surface area (Å²) in [5.41, 5.74) is 0.812. The Morgan fingerprint density at radius 2 is 1.81 bits per heavy atom. The highest BCUT2D eigenvalue weighted by molar-refractivity contribution is 7.89. The molecule has 192 valence electrons. The molecule has 0 radical (unpaired) electrons. The molecule has 2 aromatic rings. The standard InChI is InChI=1S/C25H30N4O6S/c1-27(2)36(33,34)20-8-6-18(7-9-20)23(30)21-22(19-5-3-10-26-17-19)29(25(32)24(21)31)12-4-11-28-13-15-35-16-14-28/h3,5-10,17,22,30H,4,11-16H2,1-2H3. The maximum absolute atomic E-state index is 13.1. The minimum absolute atomic E-state index is 0.0393. The molecule has 1 amide bonds. The van der Waals surface area contributed by atoms with E-state index in [1.807, 2.05) is 0 Å². The number of Topliss-reactive ketones (excluding diaryl/α,β-unsaturated/α-hetero) is 1. The molecule has 2 saturated heterocycles. The van der Waals surface area contributed by atoms with Gasteiger partial charge in [0.2, 0.25) is 10.0 Å². The average Bonchev–Trinajstić information content (AvgIpc) is 3.14. The van der Waals surface area contributed by atoms with E-state index < -0.39 is 27.8 Å². The van der Waals surface area contributed by atoms with Crippen molar-refractivity contribution in [3.8, 4) is 0 Å². The summed E-state index contributed by atoms with van der Waals surface area (Å²) in [5, 5.41) is 11.2. The van der Waals surface area contributed by atoms with Crippen molar-refractivity contribution in [2.24, 2.45) is 0 Å². The van der Waals surface area contributed by atoms with Crippen LogP contribution in [0.2, 0.25) is 0 Å². The minimum Gasteiger partial charge on any atom is -0.507 e. The Hall–Kier alpha value is -3.12. The van der Waals surface area contributed by atoms with Gasteiger partial charge >= 0.3 is 0 Å². The van der Waals surface area contributed by atoms with Crippen molar-refractivity contribution in [3.63, 3.8) is 0 Å². The maximum Gasteiger partial charge on any atom is 0.295 e. The third-order valence-electron chi connectivity index (χ3n) is 6.42. The highest BCUT2D eigenvalue weighted by Crippen LogP contribution is 2.39. The van der Waals surface area contributed by atoms with Crippen LogP contribution >= 0.6 is 0 Å². The summed E-state index contributed by atoms with van der Waals surface area (Å²) in [6.45, 7) is 4.09. The fourth-order valence-electron chi connectivity index (χ4n) is 4.44. The van der Waals surface area contributed by atoms with Crippen molar-refractivity contribution < 1.29 is 27.9 Å². The minimum atomic E-state index is -3.65. The third kappa shape index (κ3) is 5.19. The lowest BCUT2D eigenvalue weighted by molar-refractivity contribution is -0.140. The predicted molar refractivity (Wildman–Crippen MR) is 132 cm³/mol. The molecule has 36 heavy (non-hydrogen) atoms. The Morgan fingerprint density at radius 1 is 1.11 bits per heavy atom. The van der Waals surface area contributed by atoms with Crippen molar-refractivity contribution in [1.29, 1.82) is 0 Å². The molecule has 2 aliphatic rings. The molecule has 11 heteroatoms. The molecule has 1 unspecified atom stereocenters. The maximum atomic E-state index is 13.1. The molecule has 2 aliphatic heterocycles. The molecule has 10 nitrogen and oxygen atoms in total. The second-order valence-corrected chi connectivity index (χ2v) is 11.1. The topological polar surface area (TPSA) is 120 Å². The van der Waals surface area contributed by atoms with Gasteiger partial charge in [-0.1, -0.05) is 6.07 Å². The number of hydrogen-bond donors (Lipinski definition) is 1. The average molecular weight is 515 g/mol. The monoisotopic (exact) mass is 514 g/mol. The van der Waals surface area contributed by atoms with Crippen molar-refractivity contribution in [2.45, 2.75) is 17.4 Å². The van der Waals surface area contributed by atoms with Gasteiger partial charge in [0.05, 0.1) is 29.7 Å². The molecule has 1 N–H and O–H groups in total. The summed E-state index contributed by atoms with van der Waals surface area (Å²) in [6.07, 6.45) is 3.82. The SMILES string of the molecule is CN(C)S(=O)(=O)c1ccc(C(O)=C2C(=O)C(=O)N(CCCN3CCOCC3)C2c2cccnc2)cc1. The van der Waals surface area contributed by atoms with Crippen LogP contribution in [0.1, 0.15) is 23.6 Å². The van der Waals surface area contributed by atoms with Crippen LogP contribution < -0.4 is 0 Å². The van der Waals surface area contributed by atoms with E-state index in [4.69, 9.17) is 4.74 Å². The summed E-state index contributed by atoms with van der Waals surface area (Å²) in [6, 6.07) is 8.26. The van der Waals surface area contributed by atoms with Gasteiger partial charge in [-0.3, -0.25) is 19.5 Å². The molecule has 1 aromatic heterocycles. The number of ether oxygens (including phenoxy) is 1. The van der Waals surface area contributed by atoms with Gasteiger partial charge in [0.25, 0.3) is 11.7 Å². The number of hydrogen-bond acceptors (Lipinski definition) is 8. The van der Waals surface area contributed by atoms with Gasteiger partial charge in [0.15, 0.2) is 0 Å². The third-order valence-corrected chi connectivity index (χ3v) is 8.25. The van der Waals surface area contributed by atoms with E-state index in [-0.39, 0.29) is 21.8 Å². The highest BCUT2D eigenvalue weighted by atomic mass is 32.2. The molecule has 0 saturated carbocycles. The number of nitrogens with zero attached hydrogens (tertiary/aromatic N) is 4. The fraction of sp³-hybridized carbons (Fsp3) is 0.400. The first-order chi connectivity index (χ1) is 17.2. The molecular formula is C25H30N4O6S. The Bertz CT molecular complexity index is 1240. The molecular weight excluding hydrogens is 484 g/mol. The zero-order chi connectivity index (χ0) is 25.9. The number of amides is 1. The van der Waals surface area contributed by atoms with Crippen molar-refractivity contribution in [1.82, 2.24) is 19.1 Å². The second kappa shape index (κ2) is 10.9. The van der Waals surface area contributed by atoms with Crippen molar-refractivity contribution in [2.75, 3.05) is 53.5 Å². The highest BCUT2D eigenvalue weighted by Gasteiger charge is 2.46. The number of likely N-dealkylation sites (tertiary alicyclic amines) is 1. The Kier molecular flexibility index (Phi) is 7.84. The number of aliphatic hydroxyl groups excluding tert-OH is 1. The quantitative estimate of drug-likeness (QED) is 0.320. The zero-order valence-electron chi connectivity index (χ0n) is 20.3. The molecule has 2 fully saturated rings. The first-order valence-electron chi connectivity index (χ1n) is 11.7. The summed E-state index contributed by atoms with van der Waals surface area (Å²) in [5.74, 6) is -1.82. The molecule has 1 aromatic carbocycles. The molecule has 0 spiro atoms. The number of morpholine rings is 1. The van der Waals surface area contributed by atoms with Gasteiger partial charge < -0.3 is 14.7 Å². The summed E-state index contributed by atoms with van der Waals surface area (Å²) >= 11 is 0. The molecule has 1 atom stereocenters. The summed E-state index contributed by atoms with van der Waals surface area (Å²) < 4.78 is 31.2. The number of carbonyl (C=O) groups excluding carboxylic acids is 2. The lowest BCUT2D eigenvalue weighted by atomic mass is 9.96. The van der Waals surface area contributed by atoms with E-state index in [1.54, 1.807) is 24.5 Å². The van der Waals surface area contributed by atoms with Gasteiger partial charge in [0, 0.05) is 58.2 Å². The van der Waals surface area contributed by atoms with Crippen molar-refractivity contribution >= 4 is 27.5 Å². The largest absolute Gasteiger partial charge is 0.507 e. The molecule has 4 rings (SSSR count). The van der Waals surface area contributed by atoms with E-state index in [1.165, 1.54) is 43.3 Å². The number of carbonyl (C=O) groups is 2. The van der Waals surface area contributed by atoms with Crippen LogP contribution in [0.5, 0.6) is 0 Å². The van der Waals surface area contributed by atoms with Crippen LogP contribution in [0.25, 0.3) is 5.76 Å². The number of ketones is 1. The first kappa shape index (κ1) is 26.0. The molecule has 0 bridgehead atoms. The smallest absolute Gasteiger partial charge is 0.295 e. The molecule has 3 heterocycles. The summed E-state index contributed by atoms with van der Waals surface area (Å²) in [7, 11) is -0.797. The first-order valence-corrected chi connectivity index (χ1v) is 13.2. The number of sulfonamides is 1. The normalized spacial score (nSPS) is 20.9. The lowest BCUT2D eigenvalue weighted by Crippen LogP contribution is -2.39. The van der Waals surface area contributed by atoms with Gasteiger partial charge in [-0.25, -0.2) is 12.7 Å². The predicted octanol–water partition coefficient (Wildman–Crippen LogP) is 1.48. The Labute approximate surface area is 210 Å². The van der Waals surface area contributed by atoms with E-state index in [2.05, 4.69) is 9.88 Å².